The van der Waals surface area contributed by atoms with Crippen molar-refractivity contribution in [3.05, 3.63) is 59.9 Å². The zero-order valence-electron chi connectivity index (χ0n) is 13.1. The molecule has 0 aliphatic rings. The minimum absolute atomic E-state index is 0.294. The Morgan fingerprint density at radius 3 is 2.35 bits per heavy atom. The van der Waals surface area contributed by atoms with Crippen LogP contribution in [0, 0.1) is 11.2 Å². The summed E-state index contributed by atoms with van der Waals surface area (Å²) in [5.41, 5.74) is 1.34. The highest BCUT2D eigenvalue weighted by Crippen LogP contribution is 2.22. The van der Waals surface area contributed by atoms with Crippen molar-refractivity contribution < 1.29 is 9.13 Å². The second kappa shape index (κ2) is 8.80. The summed E-state index contributed by atoms with van der Waals surface area (Å²) in [5.74, 6) is 0.930. The smallest absolute Gasteiger partial charge is 0.127 e. The molecule has 0 amide bonds. The van der Waals surface area contributed by atoms with Crippen molar-refractivity contribution in [2.24, 2.45) is 4.99 Å². The number of ether oxygens (including phenoxy) is 1. The highest BCUT2D eigenvalue weighted by atomic mass is 19.1. The molecule has 23 heavy (non-hydrogen) atoms. The molecule has 0 aromatic heterocycles. The van der Waals surface area contributed by atoms with E-state index in [1.165, 1.54) is 12.1 Å². The predicted molar refractivity (Wildman–Crippen MR) is 91.6 cm³/mol. The molecule has 0 heterocycles. The molecule has 4 nitrogen and oxygen atoms in total. The zero-order chi connectivity index (χ0) is 16.5. The van der Waals surface area contributed by atoms with Gasteiger partial charge in [0.25, 0.3) is 0 Å². The lowest BCUT2D eigenvalue weighted by molar-refractivity contribution is 0.480. The lowest BCUT2D eigenvalue weighted by Crippen LogP contribution is -2.10. The lowest BCUT2D eigenvalue weighted by atomic mass is 10.1. The van der Waals surface area contributed by atoms with E-state index in [2.05, 4.69) is 10.3 Å². The molecule has 5 heteroatoms. The Kier molecular flexibility index (Phi) is 6.44. The molecule has 2 aromatic rings. The molecule has 0 saturated heterocycles. The first-order chi connectivity index (χ1) is 11.2. The van der Waals surface area contributed by atoms with E-state index < -0.39 is 0 Å². The Labute approximate surface area is 135 Å². The normalized spacial score (nSPS) is 10.9. The van der Waals surface area contributed by atoms with E-state index in [0.717, 1.165) is 12.1 Å². The number of aliphatic imine (C=N–C) groups is 1. The highest BCUT2D eigenvalue weighted by Gasteiger charge is 2.02. The van der Waals surface area contributed by atoms with Gasteiger partial charge in [-0.15, -0.1) is 0 Å². The predicted octanol–water partition coefficient (Wildman–Crippen LogP) is 3.67. The molecular weight excluding hydrogens is 293 g/mol. The highest BCUT2D eigenvalue weighted by molar-refractivity contribution is 6.05. The Hall–Kier alpha value is -2.53. The maximum absolute atomic E-state index is 12.8. The number of rotatable bonds is 8. The molecule has 0 atom stereocenters. The van der Waals surface area contributed by atoms with Gasteiger partial charge in [0.05, 0.1) is 6.54 Å². The fourth-order valence-electron chi connectivity index (χ4n) is 1.90. The van der Waals surface area contributed by atoms with Gasteiger partial charge < -0.3 is 15.5 Å². The Bertz CT molecular complexity index is 651. The molecule has 0 aliphatic heterocycles. The van der Waals surface area contributed by atoms with Gasteiger partial charge in [-0.05, 0) is 61.1 Å². The van der Waals surface area contributed by atoms with E-state index in [1.807, 2.05) is 19.2 Å². The third-order valence-electron chi connectivity index (χ3n) is 3.17. The Morgan fingerprint density at radius 2 is 1.74 bits per heavy atom. The van der Waals surface area contributed by atoms with Crippen LogP contribution in [0.2, 0.25) is 0 Å². The summed E-state index contributed by atoms with van der Waals surface area (Å²) in [6.45, 7) is 1.55. The average Bonchev–Trinajstić information content (AvgIpc) is 2.57. The molecule has 0 radical (unpaired) electrons. The van der Waals surface area contributed by atoms with Crippen molar-refractivity contribution in [1.82, 2.24) is 5.32 Å². The number of benzene rings is 2. The first-order valence-electron chi connectivity index (χ1n) is 7.43. The third-order valence-corrected chi connectivity index (χ3v) is 3.17. The minimum Gasteiger partial charge on any atom is -0.457 e. The van der Waals surface area contributed by atoms with Crippen molar-refractivity contribution in [1.29, 1.82) is 5.41 Å². The second-order valence-electron chi connectivity index (χ2n) is 4.96. The average molecular weight is 313 g/mol. The molecular formula is C18H20FN3O. The largest absolute Gasteiger partial charge is 0.457 e. The van der Waals surface area contributed by atoms with E-state index in [1.54, 1.807) is 30.5 Å². The van der Waals surface area contributed by atoms with E-state index in [4.69, 9.17) is 10.1 Å². The first kappa shape index (κ1) is 16.8. The van der Waals surface area contributed by atoms with Gasteiger partial charge in [-0.3, -0.25) is 4.99 Å². The van der Waals surface area contributed by atoms with Crippen molar-refractivity contribution in [3.63, 3.8) is 0 Å². The maximum atomic E-state index is 12.8. The van der Waals surface area contributed by atoms with Gasteiger partial charge >= 0.3 is 0 Å². The molecule has 0 bridgehead atoms. The summed E-state index contributed by atoms with van der Waals surface area (Å²) in [6.07, 6.45) is 2.27. The number of nitrogens with one attached hydrogen (secondary N) is 2. The minimum atomic E-state index is -0.294. The van der Waals surface area contributed by atoms with Gasteiger partial charge in [-0.25, -0.2) is 4.39 Å². The van der Waals surface area contributed by atoms with Gasteiger partial charge in [0, 0.05) is 24.9 Å². The molecule has 120 valence electrons. The van der Waals surface area contributed by atoms with Crippen LogP contribution in [0.3, 0.4) is 0 Å². The summed E-state index contributed by atoms with van der Waals surface area (Å²) >= 11 is 0. The number of hydrogen-bond acceptors (Lipinski definition) is 4. The Balaban J connectivity index is 1.89. The fraction of sp³-hybridized carbons (Fsp3) is 0.222. The van der Waals surface area contributed by atoms with Crippen molar-refractivity contribution in [2.45, 2.75) is 6.42 Å². The van der Waals surface area contributed by atoms with Gasteiger partial charge in [-0.1, -0.05) is 0 Å². The number of likely N-dealkylation sites (N-methyl/N-ethyl adjacent to an activating group) is 1. The van der Waals surface area contributed by atoms with Gasteiger partial charge in [0.2, 0.25) is 0 Å². The number of hydrogen-bond donors (Lipinski definition) is 2. The lowest BCUT2D eigenvalue weighted by Gasteiger charge is -2.07. The van der Waals surface area contributed by atoms with Crippen LogP contribution in [-0.4, -0.2) is 32.1 Å². The summed E-state index contributed by atoms with van der Waals surface area (Å²) < 4.78 is 18.5. The van der Waals surface area contributed by atoms with Crippen LogP contribution in [0.15, 0.2) is 53.5 Å². The van der Waals surface area contributed by atoms with Crippen LogP contribution in [0.25, 0.3) is 0 Å². The zero-order valence-corrected chi connectivity index (χ0v) is 13.1. The van der Waals surface area contributed by atoms with Gasteiger partial charge in [0.15, 0.2) is 0 Å². The number of nitrogens with zero attached hydrogens (tertiary/aromatic N) is 1. The fourth-order valence-corrected chi connectivity index (χ4v) is 1.90. The molecule has 0 aliphatic carbocycles. The van der Waals surface area contributed by atoms with E-state index in [0.29, 0.717) is 30.2 Å². The molecule has 0 fully saturated rings. The molecule has 2 aromatic carbocycles. The van der Waals surface area contributed by atoms with Crippen LogP contribution in [0.5, 0.6) is 11.5 Å². The standard InChI is InChI=1S/C18H20FN3O/c1-21-12-13-22-11-10-18(20)14-2-6-16(7-3-14)23-17-8-4-15(19)5-9-17/h2-9,11,20-21H,10,12-13H2,1H3. The van der Waals surface area contributed by atoms with E-state index >= 15 is 0 Å². The first-order valence-corrected chi connectivity index (χ1v) is 7.43. The van der Waals surface area contributed by atoms with Crippen LogP contribution >= 0.6 is 0 Å². The third kappa shape index (κ3) is 5.64. The van der Waals surface area contributed by atoms with E-state index in [-0.39, 0.29) is 5.82 Å². The SMILES string of the molecule is CNCCN=CCC(=N)c1ccc(Oc2ccc(F)cc2)cc1. The van der Waals surface area contributed by atoms with Gasteiger partial charge in [0.1, 0.15) is 17.3 Å². The summed E-state index contributed by atoms with van der Waals surface area (Å²) in [7, 11) is 1.88. The quantitative estimate of drug-likeness (QED) is 0.577. The molecule has 2 N–H and O–H groups in total. The monoisotopic (exact) mass is 313 g/mol. The molecule has 2 rings (SSSR count). The maximum Gasteiger partial charge on any atom is 0.127 e. The summed E-state index contributed by atoms with van der Waals surface area (Å²) in [5, 5.41) is 11.1. The van der Waals surface area contributed by atoms with Crippen LogP contribution in [0.4, 0.5) is 4.39 Å². The van der Waals surface area contributed by atoms with Gasteiger partial charge in [-0.2, -0.15) is 0 Å². The van der Waals surface area contributed by atoms with Crippen molar-refractivity contribution >= 4 is 11.9 Å². The molecule has 0 spiro atoms. The topological polar surface area (TPSA) is 57.5 Å². The van der Waals surface area contributed by atoms with Crippen LogP contribution in [0.1, 0.15) is 12.0 Å². The van der Waals surface area contributed by atoms with E-state index in [9.17, 15) is 4.39 Å². The van der Waals surface area contributed by atoms with Crippen LogP contribution in [-0.2, 0) is 0 Å². The molecule has 0 saturated carbocycles. The van der Waals surface area contributed by atoms with Crippen molar-refractivity contribution in [2.75, 3.05) is 20.1 Å². The Morgan fingerprint density at radius 1 is 1.13 bits per heavy atom. The van der Waals surface area contributed by atoms with Crippen LogP contribution < -0.4 is 10.1 Å². The molecule has 0 unspecified atom stereocenters. The number of halogens is 1. The van der Waals surface area contributed by atoms with Crippen molar-refractivity contribution in [3.8, 4) is 11.5 Å². The second-order valence-corrected chi connectivity index (χ2v) is 4.96. The summed E-state index contributed by atoms with van der Waals surface area (Å²) in [6, 6.07) is 13.1. The summed E-state index contributed by atoms with van der Waals surface area (Å²) in [4.78, 5) is 4.22.